The molecule has 0 aliphatic heterocycles. The zero-order chi connectivity index (χ0) is 18.7. The normalized spacial score (nSPS) is 48.7. The van der Waals surface area contributed by atoms with Gasteiger partial charge in [-0.25, -0.2) is 0 Å². The molecule has 2 heteroatoms. The molecule has 5 unspecified atom stereocenters. The minimum absolute atomic E-state index is 0.0106. The second-order valence-corrected chi connectivity index (χ2v) is 10.3. The van der Waals surface area contributed by atoms with E-state index in [-0.39, 0.29) is 11.3 Å². The topological polar surface area (TPSA) is 34.1 Å². The van der Waals surface area contributed by atoms with Gasteiger partial charge in [-0.05, 0) is 73.5 Å². The van der Waals surface area contributed by atoms with Crippen LogP contribution in [0.3, 0.4) is 0 Å². The van der Waals surface area contributed by atoms with Crippen molar-refractivity contribution in [1.82, 2.24) is 0 Å². The third-order valence-corrected chi connectivity index (χ3v) is 9.33. The third-order valence-electron chi connectivity index (χ3n) is 9.33. The Bertz CT molecular complexity index is 682. The minimum atomic E-state index is 0.0106. The Morgan fingerprint density at radius 3 is 2.46 bits per heavy atom. The summed E-state index contributed by atoms with van der Waals surface area (Å²) in [4.78, 5) is 25.1. The molecule has 0 aromatic heterocycles. The van der Waals surface area contributed by atoms with E-state index < -0.39 is 0 Å². The van der Waals surface area contributed by atoms with Crippen molar-refractivity contribution in [3.05, 3.63) is 0 Å². The lowest BCUT2D eigenvalue weighted by Crippen LogP contribution is -2.56. The molecule has 0 N–H and O–H groups in total. The Morgan fingerprint density at radius 2 is 1.73 bits per heavy atom. The predicted molar refractivity (Wildman–Crippen MR) is 103 cm³/mol. The van der Waals surface area contributed by atoms with Gasteiger partial charge in [0.2, 0.25) is 0 Å². The summed E-state index contributed by atoms with van der Waals surface area (Å²) in [6, 6.07) is 0. The van der Waals surface area contributed by atoms with E-state index in [9.17, 15) is 9.59 Å². The van der Waals surface area contributed by atoms with Crippen LogP contribution in [0.5, 0.6) is 0 Å². The van der Waals surface area contributed by atoms with E-state index >= 15 is 0 Å². The molecule has 8 atom stereocenters. The summed E-state index contributed by atoms with van der Waals surface area (Å²) < 4.78 is 0. The maximum absolute atomic E-state index is 13.1. The molecule has 0 saturated heterocycles. The lowest BCUT2D eigenvalue weighted by atomic mass is 9.44. The van der Waals surface area contributed by atoms with Crippen LogP contribution in [0.15, 0.2) is 0 Å². The molecule has 0 aromatic rings. The number of fused-ring (bicyclic) bond motifs is 5. The zero-order valence-corrected chi connectivity index (χ0v) is 16.9. The Hall–Kier alpha value is -1.10. The summed E-state index contributed by atoms with van der Waals surface area (Å²) in [7, 11) is 0. The molecule has 0 heterocycles. The Balaban J connectivity index is 1.64. The van der Waals surface area contributed by atoms with Crippen LogP contribution in [0.25, 0.3) is 0 Å². The van der Waals surface area contributed by atoms with Crippen molar-refractivity contribution in [2.24, 2.45) is 46.3 Å². The average Bonchev–Trinajstić information content (AvgIpc) is 2.94. The van der Waals surface area contributed by atoms with Crippen molar-refractivity contribution in [1.29, 1.82) is 0 Å². The molecule has 4 fully saturated rings. The second-order valence-electron chi connectivity index (χ2n) is 10.3. The number of carbonyl (C=O) groups is 2. The van der Waals surface area contributed by atoms with Crippen LogP contribution in [0, 0.1) is 58.2 Å². The highest BCUT2D eigenvalue weighted by Crippen LogP contribution is 2.67. The Labute approximate surface area is 158 Å². The molecule has 4 aliphatic carbocycles. The molecule has 142 valence electrons. The Morgan fingerprint density at radius 1 is 1.00 bits per heavy atom. The highest BCUT2D eigenvalue weighted by molar-refractivity contribution is 5.90. The lowest BCUT2D eigenvalue weighted by Gasteiger charge is -2.59. The van der Waals surface area contributed by atoms with Gasteiger partial charge in [-0.1, -0.05) is 20.8 Å². The van der Waals surface area contributed by atoms with Crippen molar-refractivity contribution in [3.8, 4) is 11.8 Å². The molecule has 4 aliphatic rings. The van der Waals surface area contributed by atoms with Gasteiger partial charge in [0.15, 0.2) is 0 Å². The first-order chi connectivity index (χ1) is 12.3. The van der Waals surface area contributed by atoms with Crippen LogP contribution >= 0.6 is 0 Å². The molecule has 0 amide bonds. The summed E-state index contributed by atoms with van der Waals surface area (Å²) in [5.74, 6) is 10.3. The number of hydrogen-bond acceptors (Lipinski definition) is 2. The van der Waals surface area contributed by atoms with Gasteiger partial charge in [0.05, 0.1) is 0 Å². The highest BCUT2D eigenvalue weighted by atomic mass is 16.1. The minimum Gasteiger partial charge on any atom is -0.300 e. The highest BCUT2D eigenvalue weighted by Gasteiger charge is 2.62. The van der Waals surface area contributed by atoms with E-state index in [0.717, 1.165) is 12.8 Å². The van der Waals surface area contributed by atoms with Crippen LogP contribution < -0.4 is 0 Å². The van der Waals surface area contributed by atoms with Gasteiger partial charge in [-0.15, -0.1) is 11.8 Å². The van der Waals surface area contributed by atoms with Crippen molar-refractivity contribution in [2.75, 3.05) is 0 Å². The number of hydrogen-bond donors (Lipinski definition) is 0. The smallest absolute Gasteiger partial charge is 0.137 e. The van der Waals surface area contributed by atoms with Crippen LogP contribution in [0.2, 0.25) is 0 Å². The monoisotopic (exact) mass is 354 g/mol. The summed E-state index contributed by atoms with van der Waals surface area (Å²) in [5.41, 5.74) is 0.417. The maximum Gasteiger partial charge on any atom is 0.137 e. The van der Waals surface area contributed by atoms with Gasteiger partial charge in [0.1, 0.15) is 11.6 Å². The number of Topliss-reactive ketones (excluding diaryl/α,β-unsaturated/α-hetero) is 2. The zero-order valence-electron chi connectivity index (χ0n) is 16.9. The first kappa shape index (κ1) is 18.3. The largest absolute Gasteiger partial charge is 0.300 e. The fourth-order valence-electron chi connectivity index (χ4n) is 8.03. The fourth-order valence-corrected chi connectivity index (χ4v) is 8.03. The molecule has 4 saturated carbocycles. The van der Waals surface area contributed by atoms with Gasteiger partial charge >= 0.3 is 0 Å². The fraction of sp³-hybridized carbons (Fsp3) is 0.833. The van der Waals surface area contributed by atoms with Crippen LogP contribution in [0.1, 0.15) is 79.1 Å². The van der Waals surface area contributed by atoms with Gasteiger partial charge in [-0.2, -0.15) is 0 Å². The third kappa shape index (κ3) is 2.45. The SMILES string of the molecule is CC#CC(C)[C@H]1CCC2C3CC(=O)C4CC(=O)CC[C@]4(C)C3CC[C@@]21C. The van der Waals surface area contributed by atoms with E-state index in [2.05, 4.69) is 32.6 Å². The van der Waals surface area contributed by atoms with E-state index in [1.54, 1.807) is 0 Å². The summed E-state index contributed by atoms with van der Waals surface area (Å²) in [6.07, 6.45) is 7.95. The maximum atomic E-state index is 13.1. The first-order valence-electron chi connectivity index (χ1n) is 10.8. The van der Waals surface area contributed by atoms with Gasteiger partial charge in [0.25, 0.3) is 0 Å². The van der Waals surface area contributed by atoms with Crippen molar-refractivity contribution in [2.45, 2.75) is 79.1 Å². The Kier molecular flexibility index (Phi) is 4.37. The van der Waals surface area contributed by atoms with Gasteiger partial charge in [0, 0.05) is 31.1 Å². The summed E-state index contributed by atoms with van der Waals surface area (Å²) >= 11 is 0. The van der Waals surface area contributed by atoms with Gasteiger partial charge < -0.3 is 0 Å². The number of carbonyl (C=O) groups excluding carboxylic acids is 2. The predicted octanol–water partition coefficient (Wildman–Crippen LogP) is 5.05. The van der Waals surface area contributed by atoms with Crippen molar-refractivity contribution in [3.63, 3.8) is 0 Å². The van der Waals surface area contributed by atoms with E-state index in [1.165, 1.54) is 25.7 Å². The molecule has 4 rings (SSSR count). The van der Waals surface area contributed by atoms with Crippen molar-refractivity contribution < 1.29 is 9.59 Å². The van der Waals surface area contributed by atoms with E-state index in [1.807, 2.05) is 6.92 Å². The molecular formula is C24H34O2. The standard InChI is InChI=1S/C24H34O2/c1-5-6-15(2)18-7-8-19-17-14-22(26)21-13-16(25)9-11-24(21,4)20(17)10-12-23(18,19)3/h15,17-21H,7-14H2,1-4H3/t15?,17?,18-,19?,20?,21?,23-,24-/m1/s1. The molecule has 2 nitrogen and oxygen atoms in total. The van der Waals surface area contributed by atoms with Crippen LogP contribution in [0.4, 0.5) is 0 Å². The molecule has 0 bridgehead atoms. The lowest BCUT2D eigenvalue weighted by molar-refractivity contribution is -0.158. The molecule has 0 radical (unpaired) electrons. The van der Waals surface area contributed by atoms with E-state index in [4.69, 9.17) is 0 Å². The van der Waals surface area contributed by atoms with Gasteiger partial charge in [-0.3, -0.25) is 9.59 Å². The summed E-state index contributed by atoms with van der Waals surface area (Å²) in [5, 5.41) is 0. The molecule has 0 aromatic carbocycles. The molecule has 0 spiro atoms. The first-order valence-corrected chi connectivity index (χ1v) is 10.8. The van der Waals surface area contributed by atoms with E-state index in [0.29, 0.717) is 59.4 Å². The van der Waals surface area contributed by atoms with Crippen LogP contribution in [-0.4, -0.2) is 11.6 Å². The second kappa shape index (κ2) is 6.22. The molecular weight excluding hydrogens is 320 g/mol. The molecule has 26 heavy (non-hydrogen) atoms. The number of ketones is 2. The average molecular weight is 355 g/mol. The van der Waals surface area contributed by atoms with Crippen LogP contribution in [-0.2, 0) is 9.59 Å². The summed E-state index contributed by atoms with van der Waals surface area (Å²) in [6.45, 7) is 9.10. The van der Waals surface area contributed by atoms with Crippen molar-refractivity contribution >= 4 is 11.6 Å². The quantitative estimate of drug-likeness (QED) is 0.617. The number of rotatable bonds is 1.